The van der Waals surface area contributed by atoms with Crippen molar-refractivity contribution >= 4 is 10.1 Å². The van der Waals surface area contributed by atoms with E-state index >= 15 is 0 Å². The largest absolute Gasteiger partial charge is 0.567 e. The number of rotatable bonds is 4. The van der Waals surface area contributed by atoms with E-state index in [1.165, 1.54) is 24.3 Å². The topological polar surface area (TPSA) is 22.1 Å². The van der Waals surface area contributed by atoms with E-state index in [0.717, 1.165) is 12.1 Å². The Balaban J connectivity index is 2.50. The maximum absolute atomic E-state index is 12.9. The molecule has 0 atom stereocenters. The SMILES string of the molecule is [CH]Cc1cc(-c2cccc(O[Si]F)n2)cc(C(F)(F)F)c1. The molecule has 0 aliphatic carbocycles. The zero-order chi connectivity index (χ0) is 15.5. The van der Waals surface area contributed by atoms with Crippen LogP contribution in [0.5, 0.6) is 5.88 Å². The maximum Gasteiger partial charge on any atom is 0.567 e. The normalized spacial score (nSPS) is 11.5. The van der Waals surface area contributed by atoms with E-state index in [9.17, 15) is 17.3 Å². The summed E-state index contributed by atoms with van der Waals surface area (Å²) in [6.07, 6.45) is -4.51. The van der Waals surface area contributed by atoms with Crippen LogP contribution in [-0.4, -0.2) is 15.1 Å². The second kappa shape index (κ2) is 6.25. The second-order valence-electron chi connectivity index (χ2n) is 4.16. The van der Waals surface area contributed by atoms with Gasteiger partial charge in [0.15, 0.2) is 0 Å². The first-order chi connectivity index (χ1) is 9.94. The highest BCUT2D eigenvalue weighted by Crippen LogP contribution is 2.33. The summed E-state index contributed by atoms with van der Waals surface area (Å²) in [5.74, 6) is 0.0139. The molecule has 0 saturated heterocycles. The molecule has 7 heteroatoms. The number of pyridine rings is 1. The maximum atomic E-state index is 12.9. The fraction of sp³-hybridized carbons (Fsp3) is 0.143. The van der Waals surface area contributed by atoms with Gasteiger partial charge in [0.1, 0.15) is 0 Å². The highest BCUT2D eigenvalue weighted by atomic mass is 28.3. The minimum absolute atomic E-state index is 0.0139. The van der Waals surface area contributed by atoms with E-state index in [-0.39, 0.29) is 23.6 Å². The molecule has 1 heterocycles. The number of hydrogen-bond acceptors (Lipinski definition) is 2. The van der Waals surface area contributed by atoms with Crippen LogP contribution in [0.2, 0.25) is 0 Å². The molecule has 0 aliphatic heterocycles. The Bertz CT molecular complexity index is 631. The van der Waals surface area contributed by atoms with Gasteiger partial charge >= 0.3 is 16.3 Å². The molecule has 0 unspecified atom stereocenters. The van der Waals surface area contributed by atoms with Crippen molar-refractivity contribution < 1.29 is 21.7 Å². The molecule has 0 fully saturated rings. The minimum Gasteiger partial charge on any atom is -0.500 e. The Morgan fingerprint density at radius 3 is 2.57 bits per heavy atom. The summed E-state index contributed by atoms with van der Waals surface area (Å²) in [6.45, 7) is 5.43. The van der Waals surface area contributed by atoms with Gasteiger partial charge in [-0.2, -0.15) is 13.2 Å². The summed E-state index contributed by atoms with van der Waals surface area (Å²) >= 11 is 0. The summed E-state index contributed by atoms with van der Waals surface area (Å²) in [6, 6.07) is 7.95. The summed E-state index contributed by atoms with van der Waals surface area (Å²) in [5.41, 5.74) is 0.0331. The van der Waals surface area contributed by atoms with Crippen molar-refractivity contribution in [2.45, 2.75) is 12.6 Å². The zero-order valence-electron chi connectivity index (χ0n) is 10.6. The van der Waals surface area contributed by atoms with Gasteiger partial charge < -0.3 is 4.43 Å². The van der Waals surface area contributed by atoms with Crippen LogP contribution in [0.3, 0.4) is 0 Å². The first kappa shape index (κ1) is 15.5. The minimum atomic E-state index is -4.48. The molecule has 108 valence electrons. The van der Waals surface area contributed by atoms with Crippen molar-refractivity contribution in [2.24, 2.45) is 0 Å². The van der Waals surface area contributed by atoms with Crippen LogP contribution in [0.4, 0.5) is 17.3 Å². The van der Waals surface area contributed by atoms with Crippen LogP contribution < -0.4 is 4.43 Å². The number of alkyl halides is 3. The van der Waals surface area contributed by atoms with Gasteiger partial charge in [-0.15, -0.1) is 0 Å². The molecule has 2 rings (SSSR count). The lowest BCUT2D eigenvalue weighted by atomic mass is 10.0. The van der Waals surface area contributed by atoms with Crippen molar-refractivity contribution in [3.05, 3.63) is 54.4 Å². The number of benzene rings is 1. The Labute approximate surface area is 121 Å². The van der Waals surface area contributed by atoms with Gasteiger partial charge in [-0.1, -0.05) is 6.07 Å². The third-order valence-corrected chi connectivity index (χ3v) is 3.00. The van der Waals surface area contributed by atoms with Crippen molar-refractivity contribution in [3.63, 3.8) is 0 Å². The van der Waals surface area contributed by atoms with Crippen LogP contribution in [0.25, 0.3) is 11.3 Å². The lowest BCUT2D eigenvalue weighted by Crippen LogP contribution is -2.06. The molecule has 4 radical (unpaired) electrons. The molecule has 0 aliphatic rings. The van der Waals surface area contributed by atoms with Gasteiger partial charge in [0.2, 0.25) is 5.88 Å². The first-order valence-corrected chi connectivity index (χ1v) is 6.64. The number of hydrogen-bond donors (Lipinski definition) is 0. The van der Waals surface area contributed by atoms with Crippen molar-refractivity contribution in [1.29, 1.82) is 0 Å². The predicted octanol–water partition coefficient (Wildman–Crippen LogP) is 3.90. The molecule has 1 aromatic carbocycles. The van der Waals surface area contributed by atoms with Gasteiger partial charge in [0, 0.05) is 5.56 Å². The number of aromatic nitrogens is 1. The van der Waals surface area contributed by atoms with E-state index < -0.39 is 21.8 Å². The molecule has 2 aromatic rings. The fourth-order valence-corrected chi connectivity index (χ4v) is 1.99. The quantitative estimate of drug-likeness (QED) is 0.485. The third kappa shape index (κ3) is 3.81. The average Bonchev–Trinajstić information content (AvgIpc) is 2.46. The third-order valence-electron chi connectivity index (χ3n) is 2.72. The summed E-state index contributed by atoms with van der Waals surface area (Å²) < 4.78 is 55.4. The smallest absolute Gasteiger partial charge is 0.500 e. The lowest BCUT2D eigenvalue weighted by molar-refractivity contribution is -0.137. The second-order valence-corrected chi connectivity index (χ2v) is 4.52. The van der Waals surface area contributed by atoms with E-state index in [4.69, 9.17) is 6.92 Å². The number of halogens is 4. The molecule has 1 aromatic heterocycles. The average molecular weight is 311 g/mol. The van der Waals surface area contributed by atoms with Crippen molar-refractivity contribution in [2.75, 3.05) is 0 Å². The number of nitrogens with zero attached hydrogens (tertiary/aromatic N) is 1. The lowest BCUT2D eigenvalue weighted by Gasteiger charge is -2.12. The molecule has 2 nitrogen and oxygen atoms in total. The standard InChI is InChI=1S/C14H9F4NOSi/c1-2-9-6-10(8-11(7-9)14(15,16)17)12-4-3-5-13(19-12)20-21-18/h1,3-8H,2H2. The van der Waals surface area contributed by atoms with Crippen LogP contribution in [0.15, 0.2) is 36.4 Å². The van der Waals surface area contributed by atoms with Crippen molar-refractivity contribution in [1.82, 2.24) is 4.98 Å². The van der Waals surface area contributed by atoms with E-state index in [2.05, 4.69) is 9.41 Å². The van der Waals surface area contributed by atoms with Gasteiger partial charge in [0.05, 0.1) is 11.3 Å². The van der Waals surface area contributed by atoms with E-state index in [0.29, 0.717) is 5.56 Å². The predicted molar refractivity (Wildman–Crippen MR) is 70.2 cm³/mol. The van der Waals surface area contributed by atoms with Crippen molar-refractivity contribution in [3.8, 4) is 17.1 Å². The monoisotopic (exact) mass is 311 g/mol. The van der Waals surface area contributed by atoms with Crippen LogP contribution in [0.1, 0.15) is 11.1 Å². The molecule has 0 amide bonds. The molecule has 0 spiro atoms. The zero-order valence-corrected chi connectivity index (χ0v) is 11.6. The summed E-state index contributed by atoms with van der Waals surface area (Å²) in [7, 11) is -1.29. The van der Waals surface area contributed by atoms with E-state index in [1.807, 2.05) is 0 Å². The first-order valence-electron chi connectivity index (χ1n) is 5.85. The van der Waals surface area contributed by atoms with Crippen LogP contribution >= 0.6 is 0 Å². The van der Waals surface area contributed by atoms with Crippen LogP contribution in [0, 0.1) is 6.92 Å². The highest BCUT2D eigenvalue weighted by Gasteiger charge is 2.31. The highest BCUT2D eigenvalue weighted by molar-refractivity contribution is 6.18. The van der Waals surface area contributed by atoms with Gasteiger partial charge in [-0.05, 0) is 49.2 Å². The van der Waals surface area contributed by atoms with Gasteiger partial charge in [0.25, 0.3) is 0 Å². The molecule has 21 heavy (non-hydrogen) atoms. The molecular formula is C14H9F4NOSi. The molecule has 0 saturated carbocycles. The van der Waals surface area contributed by atoms with Crippen LogP contribution in [-0.2, 0) is 12.6 Å². The van der Waals surface area contributed by atoms with Gasteiger partial charge in [-0.3, -0.25) is 4.11 Å². The Morgan fingerprint density at radius 1 is 1.19 bits per heavy atom. The molecule has 0 bridgehead atoms. The fourth-order valence-electron chi connectivity index (χ4n) is 1.79. The Kier molecular flexibility index (Phi) is 4.61. The van der Waals surface area contributed by atoms with E-state index in [1.54, 1.807) is 0 Å². The Morgan fingerprint density at radius 2 is 1.95 bits per heavy atom. The van der Waals surface area contributed by atoms with Gasteiger partial charge in [-0.25, -0.2) is 4.98 Å². The molecular weight excluding hydrogens is 302 g/mol. The summed E-state index contributed by atoms with van der Waals surface area (Å²) in [5, 5.41) is 0. The Hall–Kier alpha value is -1.89. The molecule has 0 N–H and O–H groups in total. The summed E-state index contributed by atoms with van der Waals surface area (Å²) in [4.78, 5) is 3.97.